The first-order valence-electron chi connectivity index (χ1n) is 5.78. The predicted octanol–water partition coefficient (Wildman–Crippen LogP) is 1.51. The van der Waals surface area contributed by atoms with Gasteiger partial charge in [-0.25, -0.2) is 0 Å². The maximum Gasteiger partial charge on any atom is 0.233 e. The summed E-state index contributed by atoms with van der Waals surface area (Å²) in [6.45, 7) is 0.668. The van der Waals surface area contributed by atoms with E-state index in [1.165, 1.54) is 0 Å². The Hall–Kier alpha value is -1.51. The Morgan fingerprint density at radius 3 is 2.78 bits per heavy atom. The van der Waals surface area contributed by atoms with Crippen LogP contribution in [0.2, 0.25) is 0 Å². The van der Waals surface area contributed by atoms with E-state index in [4.69, 9.17) is 10.4 Å². The molecule has 1 N–H and O–H groups in total. The minimum Gasteiger partial charge on any atom is -0.396 e. The molecule has 1 aromatic rings. The average molecular weight is 262 g/mol. The summed E-state index contributed by atoms with van der Waals surface area (Å²) >= 11 is 1.59. The van der Waals surface area contributed by atoms with Crippen molar-refractivity contribution in [2.75, 3.05) is 18.9 Å². The second-order valence-corrected chi connectivity index (χ2v) is 5.13. The third-order valence-corrected chi connectivity index (χ3v) is 4.11. The molecule has 1 saturated heterocycles. The molecule has 1 aliphatic heterocycles. The lowest BCUT2D eigenvalue weighted by atomic mass is 10.1. The standard InChI is InChI=1S/C13H14N2O2S/c14-8-10-2-4-11(5-3-10)13-15(6-1-7-16)12(17)9-18-13/h2-5,13,16H,1,6-7,9H2. The van der Waals surface area contributed by atoms with Crippen molar-refractivity contribution in [3.8, 4) is 6.07 Å². The molecule has 18 heavy (non-hydrogen) atoms. The van der Waals surface area contributed by atoms with Crippen molar-refractivity contribution in [3.63, 3.8) is 0 Å². The fraction of sp³-hybridized carbons (Fsp3) is 0.385. The maximum atomic E-state index is 11.8. The Balaban J connectivity index is 2.15. The average Bonchev–Trinajstić information content (AvgIpc) is 2.78. The van der Waals surface area contributed by atoms with Crippen molar-refractivity contribution < 1.29 is 9.90 Å². The zero-order valence-corrected chi connectivity index (χ0v) is 10.7. The first kappa shape index (κ1) is 12.9. The van der Waals surface area contributed by atoms with E-state index in [2.05, 4.69) is 6.07 Å². The number of rotatable bonds is 4. The number of nitriles is 1. The second kappa shape index (κ2) is 5.89. The van der Waals surface area contributed by atoms with Crippen LogP contribution in [0.4, 0.5) is 0 Å². The Labute approximate surface area is 110 Å². The van der Waals surface area contributed by atoms with Gasteiger partial charge < -0.3 is 10.0 Å². The molecule has 0 saturated carbocycles. The van der Waals surface area contributed by atoms with Crippen molar-refractivity contribution in [1.29, 1.82) is 5.26 Å². The number of thioether (sulfide) groups is 1. The number of benzene rings is 1. The monoisotopic (exact) mass is 262 g/mol. The van der Waals surface area contributed by atoms with Crippen LogP contribution >= 0.6 is 11.8 Å². The van der Waals surface area contributed by atoms with Crippen molar-refractivity contribution in [2.45, 2.75) is 11.8 Å². The van der Waals surface area contributed by atoms with E-state index in [1.807, 2.05) is 12.1 Å². The van der Waals surface area contributed by atoms with Gasteiger partial charge >= 0.3 is 0 Å². The SMILES string of the molecule is N#Cc1ccc(C2SCC(=O)N2CCCO)cc1. The molecule has 0 aromatic heterocycles. The van der Waals surface area contributed by atoms with E-state index >= 15 is 0 Å². The molecule has 2 rings (SSSR count). The molecule has 0 radical (unpaired) electrons. The Morgan fingerprint density at radius 2 is 2.17 bits per heavy atom. The van der Waals surface area contributed by atoms with Crippen LogP contribution in [0.5, 0.6) is 0 Å². The Bertz CT molecular complexity index is 467. The highest BCUT2D eigenvalue weighted by Crippen LogP contribution is 2.38. The van der Waals surface area contributed by atoms with Gasteiger partial charge in [0.15, 0.2) is 0 Å². The molecule has 1 heterocycles. The molecule has 94 valence electrons. The smallest absolute Gasteiger partial charge is 0.233 e. The van der Waals surface area contributed by atoms with Gasteiger partial charge in [0, 0.05) is 13.2 Å². The second-order valence-electron chi connectivity index (χ2n) is 4.06. The predicted molar refractivity (Wildman–Crippen MR) is 69.8 cm³/mol. The van der Waals surface area contributed by atoms with E-state index in [9.17, 15) is 4.79 Å². The number of carbonyl (C=O) groups excluding carboxylic acids is 1. The van der Waals surface area contributed by atoms with Gasteiger partial charge in [-0.15, -0.1) is 11.8 Å². The number of hydrogen-bond donors (Lipinski definition) is 1. The lowest BCUT2D eigenvalue weighted by molar-refractivity contribution is -0.128. The zero-order valence-electron chi connectivity index (χ0n) is 9.87. The van der Waals surface area contributed by atoms with Gasteiger partial charge in [-0.2, -0.15) is 5.26 Å². The van der Waals surface area contributed by atoms with Gasteiger partial charge in [-0.1, -0.05) is 12.1 Å². The van der Waals surface area contributed by atoms with Crippen molar-refractivity contribution >= 4 is 17.7 Å². The van der Waals surface area contributed by atoms with Crippen molar-refractivity contribution in [3.05, 3.63) is 35.4 Å². The summed E-state index contributed by atoms with van der Waals surface area (Å²) in [6, 6.07) is 9.39. The summed E-state index contributed by atoms with van der Waals surface area (Å²) in [5, 5.41) is 17.6. The van der Waals surface area contributed by atoms with Crippen LogP contribution in [0.25, 0.3) is 0 Å². The number of amides is 1. The molecule has 4 nitrogen and oxygen atoms in total. The van der Waals surface area contributed by atoms with Gasteiger partial charge in [-0.05, 0) is 24.1 Å². The molecular weight excluding hydrogens is 248 g/mol. The van der Waals surface area contributed by atoms with Crippen molar-refractivity contribution in [1.82, 2.24) is 4.90 Å². The molecule has 1 amide bonds. The highest BCUT2D eigenvalue weighted by Gasteiger charge is 2.32. The first-order chi connectivity index (χ1) is 8.76. The molecule has 0 spiro atoms. The van der Waals surface area contributed by atoms with Gasteiger partial charge in [-0.3, -0.25) is 4.79 Å². The summed E-state index contributed by atoms with van der Waals surface area (Å²) in [5.74, 6) is 0.596. The highest BCUT2D eigenvalue weighted by molar-refractivity contribution is 8.00. The van der Waals surface area contributed by atoms with Gasteiger partial charge in [0.05, 0.1) is 17.4 Å². The molecule has 0 aliphatic carbocycles. The summed E-state index contributed by atoms with van der Waals surface area (Å²) < 4.78 is 0. The molecule has 0 bridgehead atoms. The van der Waals surface area contributed by atoms with E-state index in [0.717, 1.165) is 5.56 Å². The van der Waals surface area contributed by atoms with Crippen LogP contribution in [-0.2, 0) is 4.79 Å². The van der Waals surface area contributed by atoms with E-state index in [-0.39, 0.29) is 17.9 Å². The summed E-state index contributed by atoms with van der Waals surface area (Å²) in [5.41, 5.74) is 1.65. The van der Waals surface area contributed by atoms with E-state index < -0.39 is 0 Å². The van der Waals surface area contributed by atoms with Crippen LogP contribution in [0.1, 0.15) is 22.9 Å². The number of hydrogen-bond acceptors (Lipinski definition) is 4. The summed E-state index contributed by atoms with van der Waals surface area (Å²) in [7, 11) is 0. The van der Waals surface area contributed by atoms with Crippen LogP contribution < -0.4 is 0 Å². The molecular formula is C13H14N2O2S. The van der Waals surface area contributed by atoms with Crippen LogP contribution in [0.3, 0.4) is 0 Å². The topological polar surface area (TPSA) is 64.3 Å². The van der Waals surface area contributed by atoms with Gasteiger partial charge in [0.25, 0.3) is 0 Å². The number of carbonyl (C=O) groups is 1. The molecule has 5 heteroatoms. The van der Waals surface area contributed by atoms with Gasteiger partial charge in [0.2, 0.25) is 5.91 Å². The van der Waals surface area contributed by atoms with Crippen molar-refractivity contribution in [2.24, 2.45) is 0 Å². The van der Waals surface area contributed by atoms with Crippen LogP contribution in [0, 0.1) is 11.3 Å². The number of aliphatic hydroxyl groups is 1. The maximum absolute atomic E-state index is 11.8. The third-order valence-electron chi connectivity index (χ3n) is 2.85. The first-order valence-corrected chi connectivity index (χ1v) is 6.83. The minimum absolute atomic E-state index is 0.0109. The normalized spacial score (nSPS) is 19.0. The minimum atomic E-state index is 0.0109. The quantitative estimate of drug-likeness (QED) is 0.893. The van der Waals surface area contributed by atoms with Crippen LogP contribution in [0.15, 0.2) is 24.3 Å². The van der Waals surface area contributed by atoms with Gasteiger partial charge in [0.1, 0.15) is 5.37 Å². The molecule has 1 atom stereocenters. The van der Waals surface area contributed by atoms with E-state index in [1.54, 1.807) is 28.8 Å². The van der Waals surface area contributed by atoms with E-state index in [0.29, 0.717) is 24.3 Å². The van der Waals surface area contributed by atoms with Crippen LogP contribution in [-0.4, -0.2) is 34.8 Å². The Morgan fingerprint density at radius 1 is 1.44 bits per heavy atom. The molecule has 1 aromatic carbocycles. The summed E-state index contributed by atoms with van der Waals surface area (Å²) in [4.78, 5) is 13.6. The lowest BCUT2D eigenvalue weighted by Gasteiger charge is -2.23. The number of aliphatic hydroxyl groups excluding tert-OH is 1. The fourth-order valence-electron chi connectivity index (χ4n) is 1.94. The molecule has 1 unspecified atom stereocenters. The summed E-state index contributed by atoms with van der Waals surface area (Å²) in [6.07, 6.45) is 0.596. The molecule has 1 aliphatic rings. The molecule has 1 fully saturated rings. The Kier molecular flexibility index (Phi) is 4.24. The third kappa shape index (κ3) is 2.66. The number of nitrogens with zero attached hydrogens (tertiary/aromatic N) is 2. The zero-order chi connectivity index (χ0) is 13.0. The highest BCUT2D eigenvalue weighted by atomic mass is 32.2. The lowest BCUT2D eigenvalue weighted by Crippen LogP contribution is -2.29. The fourth-order valence-corrected chi connectivity index (χ4v) is 3.15. The largest absolute Gasteiger partial charge is 0.396 e.